The number of hydrogen-bond donors (Lipinski definition) is 1. The van der Waals surface area contributed by atoms with E-state index in [0.717, 1.165) is 10.9 Å². The lowest BCUT2D eigenvalue weighted by Gasteiger charge is -2.10. The molecule has 1 N–H and O–H groups in total. The average molecular weight is 269 g/mol. The Morgan fingerprint density at radius 3 is 2.85 bits per heavy atom. The third-order valence-corrected chi connectivity index (χ3v) is 2.98. The van der Waals surface area contributed by atoms with Crippen LogP contribution in [0.25, 0.3) is 10.8 Å². The molecular weight excluding hydrogens is 258 g/mol. The smallest absolute Gasteiger partial charge is 0.340 e. The van der Waals surface area contributed by atoms with Gasteiger partial charge < -0.3 is 14.4 Å². The summed E-state index contributed by atoms with van der Waals surface area (Å²) in [5.41, 5.74) is 0.911. The highest BCUT2D eigenvalue weighted by Crippen LogP contribution is 2.28. The van der Waals surface area contributed by atoms with Crippen LogP contribution in [0, 0.1) is 0 Å². The van der Waals surface area contributed by atoms with Crippen LogP contribution < -0.4 is 4.74 Å². The molecule has 0 bridgehead atoms. The lowest BCUT2D eigenvalue weighted by atomic mass is 10.0. The van der Waals surface area contributed by atoms with E-state index in [1.54, 1.807) is 18.2 Å². The van der Waals surface area contributed by atoms with Crippen LogP contribution in [0.15, 0.2) is 53.4 Å². The van der Waals surface area contributed by atoms with E-state index in [9.17, 15) is 9.90 Å². The zero-order valence-electron chi connectivity index (χ0n) is 10.4. The maximum absolute atomic E-state index is 11.5. The van der Waals surface area contributed by atoms with Gasteiger partial charge in [0.25, 0.3) is 0 Å². The molecular formula is C15H11NO4. The van der Waals surface area contributed by atoms with Gasteiger partial charge in [0.1, 0.15) is 24.2 Å². The monoisotopic (exact) mass is 269 g/mol. The second kappa shape index (κ2) is 5.05. The highest BCUT2D eigenvalue weighted by molar-refractivity contribution is 6.06. The van der Waals surface area contributed by atoms with E-state index in [0.29, 0.717) is 11.1 Å². The number of nitrogens with zero attached hydrogens (tertiary/aromatic N) is 1. The van der Waals surface area contributed by atoms with Crippen molar-refractivity contribution in [1.82, 2.24) is 5.16 Å². The van der Waals surface area contributed by atoms with Crippen LogP contribution in [0.2, 0.25) is 0 Å². The van der Waals surface area contributed by atoms with E-state index in [-0.39, 0.29) is 12.2 Å². The number of hydrogen-bond acceptors (Lipinski definition) is 4. The minimum Gasteiger partial charge on any atom is -0.488 e. The third-order valence-electron chi connectivity index (χ3n) is 2.98. The molecule has 5 heteroatoms. The molecule has 1 heterocycles. The number of fused-ring (bicyclic) bond motifs is 1. The van der Waals surface area contributed by atoms with Gasteiger partial charge in [0, 0.05) is 5.56 Å². The molecule has 0 aliphatic carbocycles. The van der Waals surface area contributed by atoms with Crippen LogP contribution in [-0.2, 0) is 6.61 Å². The van der Waals surface area contributed by atoms with Crippen molar-refractivity contribution in [2.24, 2.45) is 0 Å². The molecule has 100 valence electrons. The van der Waals surface area contributed by atoms with Crippen LogP contribution in [0.1, 0.15) is 15.9 Å². The molecule has 0 saturated heterocycles. The molecule has 3 aromatic rings. The molecule has 0 atom stereocenters. The Kier molecular flexibility index (Phi) is 3.09. The molecule has 20 heavy (non-hydrogen) atoms. The SMILES string of the molecule is O=C(O)c1c(OCc2cnoc2)ccc2ccccc12. The predicted molar refractivity (Wildman–Crippen MR) is 71.7 cm³/mol. The van der Waals surface area contributed by atoms with E-state index in [1.807, 2.05) is 18.2 Å². The van der Waals surface area contributed by atoms with Crippen molar-refractivity contribution in [3.05, 3.63) is 60.0 Å². The van der Waals surface area contributed by atoms with Gasteiger partial charge in [0.05, 0.1) is 6.20 Å². The summed E-state index contributed by atoms with van der Waals surface area (Å²) < 4.78 is 10.3. The van der Waals surface area contributed by atoms with Gasteiger partial charge in [-0.25, -0.2) is 4.79 Å². The van der Waals surface area contributed by atoms with Gasteiger partial charge in [0.2, 0.25) is 0 Å². The molecule has 5 nitrogen and oxygen atoms in total. The second-order valence-electron chi connectivity index (χ2n) is 4.29. The van der Waals surface area contributed by atoms with Crippen LogP contribution in [0.4, 0.5) is 0 Å². The Morgan fingerprint density at radius 2 is 2.10 bits per heavy atom. The van der Waals surface area contributed by atoms with Gasteiger partial charge >= 0.3 is 5.97 Å². The van der Waals surface area contributed by atoms with E-state index in [1.165, 1.54) is 12.5 Å². The summed E-state index contributed by atoms with van der Waals surface area (Å²) in [7, 11) is 0. The second-order valence-corrected chi connectivity index (χ2v) is 4.29. The summed E-state index contributed by atoms with van der Waals surface area (Å²) in [5.74, 6) is -0.681. The summed E-state index contributed by atoms with van der Waals surface area (Å²) in [4.78, 5) is 11.5. The van der Waals surface area contributed by atoms with Crippen molar-refractivity contribution < 1.29 is 19.2 Å². The quantitative estimate of drug-likeness (QED) is 0.787. The van der Waals surface area contributed by atoms with Gasteiger partial charge in [-0.1, -0.05) is 35.5 Å². The Balaban J connectivity index is 2.01. The van der Waals surface area contributed by atoms with Crippen molar-refractivity contribution >= 4 is 16.7 Å². The molecule has 0 radical (unpaired) electrons. The first-order valence-electron chi connectivity index (χ1n) is 6.02. The molecule has 0 aliphatic heterocycles. The Labute approximate surface area is 114 Å². The number of carboxylic acid groups (broad SMARTS) is 1. The van der Waals surface area contributed by atoms with Crippen LogP contribution in [-0.4, -0.2) is 16.2 Å². The minimum atomic E-state index is -1.01. The topological polar surface area (TPSA) is 72.6 Å². The zero-order valence-corrected chi connectivity index (χ0v) is 10.4. The fourth-order valence-electron chi connectivity index (χ4n) is 2.05. The van der Waals surface area contributed by atoms with Crippen molar-refractivity contribution in [3.63, 3.8) is 0 Å². The fourth-order valence-corrected chi connectivity index (χ4v) is 2.05. The van der Waals surface area contributed by atoms with E-state index in [2.05, 4.69) is 5.16 Å². The number of rotatable bonds is 4. The average Bonchev–Trinajstić information content (AvgIpc) is 2.97. The number of carbonyl (C=O) groups is 1. The van der Waals surface area contributed by atoms with Crippen LogP contribution >= 0.6 is 0 Å². The normalized spacial score (nSPS) is 10.6. The van der Waals surface area contributed by atoms with Gasteiger partial charge in [-0.2, -0.15) is 0 Å². The lowest BCUT2D eigenvalue weighted by Crippen LogP contribution is -2.04. The zero-order chi connectivity index (χ0) is 13.9. The first kappa shape index (κ1) is 12.2. The molecule has 1 aromatic heterocycles. The van der Waals surface area contributed by atoms with Crippen LogP contribution in [0.3, 0.4) is 0 Å². The van der Waals surface area contributed by atoms with Crippen molar-refractivity contribution in [1.29, 1.82) is 0 Å². The molecule has 0 saturated carbocycles. The van der Waals surface area contributed by atoms with E-state index < -0.39 is 5.97 Å². The van der Waals surface area contributed by atoms with Gasteiger partial charge in [-0.3, -0.25) is 0 Å². The predicted octanol–water partition coefficient (Wildman–Crippen LogP) is 3.11. The molecule has 0 aliphatic rings. The third kappa shape index (κ3) is 2.21. The number of ether oxygens (including phenoxy) is 1. The Bertz CT molecular complexity index is 750. The molecule has 0 unspecified atom stereocenters. The van der Waals surface area contributed by atoms with Crippen molar-refractivity contribution in [2.45, 2.75) is 6.61 Å². The Morgan fingerprint density at radius 1 is 1.25 bits per heavy atom. The molecule has 0 fully saturated rings. The van der Waals surface area contributed by atoms with Crippen LogP contribution in [0.5, 0.6) is 5.75 Å². The summed E-state index contributed by atoms with van der Waals surface area (Å²) in [5, 5.41) is 14.5. The number of carboxylic acids is 1. The fraction of sp³-hybridized carbons (Fsp3) is 0.0667. The summed E-state index contributed by atoms with van der Waals surface area (Å²) >= 11 is 0. The van der Waals surface area contributed by atoms with Crippen molar-refractivity contribution in [2.75, 3.05) is 0 Å². The molecule has 0 amide bonds. The van der Waals surface area contributed by atoms with Crippen molar-refractivity contribution in [3.8, 4) is 5.75 Å². The van der Waals surface area contributed by atoms with E-state index in [4.69, 9.17) is 9.26 Å². The molecule has 3 rings (SSSR count). The summed E-state index contributed by atoms with van der Waals surface area (Å²) in [6, 6.07) is 10.8. The Hall–Kier alpha value is -2.82. The maximum atomic E-state index is 11.5. The molecule has 2 aromatic carbocycles. The molecule has 0 spiro atoms. The minimum absolute atomic E-state index is 0.166. The number of benzene rings is 2. The largest absolute Gasteiger partial charge is 0.488 e. The lowest BCUT2D eigenvalue weighted by molar-refractivity contribution is 0.0694. The first-order chi connectivity index (χ1) is 9.75. The van der Waals surface area contributed by atoms with Gasteiger partial charge in [-0.15, -0.1) is 0 Å². The maximum Gasteiger partial charge on any atom is 0.340 e. The van der Waals surface area contributed by atoms with Gasteiger partial charge in [-0.05, 0) is 16.8 Å². The highest BCUT2D eigenvalue weighted by atomic mass is 16.5. The summed E-state index contributed by atoms with van der Waals surface area (Å²) in [6.45, 7) is 0.210. The van der Waals surface area contributed by atoms with E-state index >= 15 is 0 Å². The number of aromatic nitrogens is 1. The first-order valence-corrected chi connectivity index (χ1v) is 6.02. The number of aromatic carboxylic acids is 1. The standard InChI is InChI=1S/C15H11NO4/c17-15(18)14-12-4-2-1-3-11(12)5-6-13(14)19-8-10-7-16-20-9-10/h1-7,9H,8H2,(H,17,18). The highest BCUT2D eigenvalue weighted by Gasteiger charge is 2.15. The van der Waals surface area contributed by atoms with Gasteiger partial charge in [0.15, 0.2) is 0 Å². The summed E-state index contributed by atoms with van der Waals surface area (Å²) in [6.07, 6.45) is 2.99.